The number of hydrogen-bond donors (Lipinski definition) is 1. The van der Waals surface area contributed by atoms with Crippen LogP contribution in [-0.4, -0.2) is 6.04 Å². The second-order valence-electron chi connectivity index (χ2n) is 3.64. The highest BCUT2D eigenvalue weighted by Crippen LogP contribution is 2.23. The lowest BCUT2D eigenvalue weighted by Gasteiger charge is -2.13. The molecule has 0 heterocycles. The number of anilines is 1. The second-order valence-corrected chi connectivity index (χ2v) is 4.07. The number of nitrogens with one attached hydrogen (secondary N) is 1. The van der Waals surface area contributed by atoms with Crippen LogP contribution in [0.2, 0.25) is 5.02 Å². The zero-order chi connectivity index (χ0) is 9.10. The zero-order valence-corrected chi connectivity index (χ0v) is 8.35. The molecule has 70 valence electrons. The molecule has 1 aromatic rings. The Balaban J connectivity index is 2.00. The SMILES string of the molecule is Clc1cccc(NC2CCCC2)c1. The largest absolute Gasteiger partial charge is 0.382 e. The van der Waals surface area contributed by atoms with Crippen LogP contribution in [0.25, 0.3) is 0 Å². The molecule has 13 heavy (non-hydrogen) atoms. The molecule has 0 amide bonds. The maximum atomic E-state index is 5.89. The molecule has 2 heteroatoms. The van der Waals surface area contributed by atoms with Crippen LogP contribution in [-0.2, 0) is 0 Å². The van der Waals surface area contributed by atoms with E-state index in [1.807, 2.05) is 18.2 Å². The Morgan fingerprint density at radius 2 is 2.00 bits per heavy atom. The highest BCUT2D eigenvalue weighted by atomic mass is 35.5. The quantitative estimate of drug-likeness (QED) is 0.759. The smallest absolute Gasteiger partial charge is 0.0426 e. The minimum Gasteiger partial charge on any atom is -0.382 e. The van der Waals surface area contributed by atoms with E-state index >= 15 is 0 Å². The first-order chi connectivity index (χ1) is 6.34. The van der Waals surface area contributed by atoms with Crippen LogP contribution >= 0.6 is 11.6 Å². The lowest BCUT2D eigenvalue weighted by molar-refractivity contribution is 0.755. The topological polar surface area (TPSA) is 12.0 Å². The summed E-state index contributed by atoms with van der Waals surface area (Å²) < 4.78 is 0. The van der Waals surface area contributed by atoms with Gasteiger partial charge in [0.15, 0.2) is 0 Å². The Bertz CT molecular complexity index is 279. The van der Waals surface area contributed by atoms with Crippen LogP contribution in [0.5, 0.6) is 0 Å². The third kappa shape index (κ3) is 2.38. The molecule has 1 nitrogen and oxygen atoms in total. The van der Waals surface area contributed by atoms with Gasteiger partial charge in [-0.15, -0.1) is 0 Å². The van der Waals surface area contributed by atoms with Crippen molar-refractivity contribution in [2.75, 3.05) is 5.32 Å². The predicted octanol–water partition coefficient (Wildman–Crippen LogP) is 3.69. The standard InChI is InChI=1S/C11H14ClN/c12-9-4-3-7-11(8-9)13-10-5-1-2-6-10/h3-4,7-8,10,13H,1-2,5-6H2. The highest BCUT2D eigenvalue weighted by Gasteiger charge is 2.13. The summed E-state index contributed by atoms with van der Waals surface area (Å²) in [6.45, 7) is 0. The molecule has 1 N–H and O–H groups in total. The minimum atomic E-state index is 0.665. The monoisotopic (exact) mass is 195 g/mol. The van der Waals surface area contributed by atoms with E-state index in [1.54, 1.807) is 0 Å². The second kappa shape index (κ2) is 4.01. The van der Waals surface area contributed by atoms with E-state index in [9.17, 15) is 0 Å². The predicted molar refractivity (Wildman–Crippen MR) is 57.3 cm³/mol. The molecule has 1 aliphatic carbocycles. The molecule has 1 fully saturated rings. The third-order valence-electron chi connectivity index (χ3n) is 2.55. The van der Waals surface area contributed by atoms with Crippen LogP contribution in [0.4, 0.5) is 5.69 Å². The van der Waals surface area contributed by atoms with Gasteiger partial charge in [-0.05, 0) is 31.0 Å². The normalized spacial score (nSPS) is 17.6. The molecule has 0 aromatic heterocycles. The maximum absolute atomic E-state index is 5.89. The molecule has 0 bridgehead atoms. The highest BCUT2D eigenvalue weighted by molar-refractivity contribution is 6.30. The number of hydrogen-bond acceptors (Lipinski definition) is 1. The fraction of sp³-hybridized carbons (Fsp3) is 0.455. The number of halogens is 1. The third-order valence-corrected chi connectivity index (χ3v) is 2.79. The summed E-state index contributed by atoms with van der Waals surface area (Å²) in [6.07, 6.45) is 5.31. The number of rotatable bonds is 2. The molecule has 0 unspecified atom stereocenters. The van der Waals surface area contributed by atoms with Crippen molar-refractivity contribution in [1.82, 2.24) is 0 Å². The van der Waals surface area contributed by atoms with Gasteiger partial charge in [0.1, 0.15) is 0 Å². The maximum Gasteiger partial charge on any atom is 0.0426 e. The van der Waals surface area contributed by atoms with Gasteiger partial charge < -0.3 is 5.32 Å². The van der Waals surface area contributed by atoms with Crippen molar-refractivity contribution in [2.24, 2.45) is 0 Å². The van der Waals surface area contributed by atoms with Gasteiger partial charge in [-0.3, -0.25) is 0 Å². The average Bonchev–Trinajstić information content (AvgIpc) is 2.57. The van der Waals surface area contributed by atoms with E-state index in [2.05, 4.69) is 11.4 Å². The molecular weight excluding hydrogens is 182 g/mol. The summed E-state index contributed by atoms with van der Waals surface area (Å²) in [5.41, 5.74) is 1.15. The van der Waals surface area contributed by atoms with Gasteiger partial charge >= 0.3 is 0 Å². The summed E-state index contributed by atoms with van der Waals surface area (Å²) in [4.78, 5) is 0. The Morgan fingerprint density at radius 3 is 2.69 bits per heavy atom. The van der Waals surface area contributed by atoms with E-state index in [4.69, 9.17) is 11.6 Å². The van der Waals surface area contributed by atoms with Crippen LogP contribution in [0.15, 0.2) is 24.3 Å². The van der Waals surface area contributed by atoms with Gasteiger partial charge in [-0.25, -0.2) is 0 Å². The van der Waals surface area contributed by atoms with Gasteiger partial charge in [0, 0.05) is 16.8 Å². The average molecular weight is 196 g/mol. The van der Waals surface area contributed by atoms with E-state index < -0.39 is 0 Å². The summed E-state index contributed by atoms with van der Waals surface area (Å²) in [5.74, 6) is 0. The van der Waals surface area contributed by atoms with Crippen molar-refractivity contribution in [3.8, 4) is 0 Å². The molecular formula is C11H14ClN. The Labute approximate surface area is 84.1 Å². The first-order valence-electron chi connectivity index (χ1n) is 4.87. The van der Waals surface area contributed by atoms with Gasteiger partial charge in [0.25, 0.3) is 0 Å². The van der Waals surface area contributed by atoms with E-state index in [0.717, 1.165) is 10.7 Å². The molecule has 2 rings (SSSR count). The van der Waals surface area contributed by atoms with Gasteiger partial charge in [-0.1, -0.05) is 30.5 Å². The van der Waals surface area contributed by atoms with Crippen molar-refractivity contribution in [1.29, 1.82) is 0 Å². The molecule has 1 saturated carbocycles. The van der Waals surface area contributed by atoms with Crippen molar-refractivity contribution in [3.05, 3.63) is 29.3 Å². The molecule has 0 radical (unpaired) electrons. The van der Waals surface area contributed by atoms with Gasteiger partial charge in [0.2, 0.25) is 0 Å². The Kier molecular flexibility index (Phi) is 2.74. The van der Waals surface area contributed by atoms with Gasteiger partial charge in [0.05, 0.1) is 0 Å². The molecule has 0 atom stereocenters. The van der Waals surface area contributed by atoms with Gasteiger partial charge in [-0.2, -0.15) is 0 Å². The summed E-state index contributed by atoms with van der Waals surface area (Å²) in [7, 11) is 0. The minimum absolute atomic E-state index is 0.665. The first-order valence-corrected chi connectivity index (χ1v) is 5.24. The fourth-order valence-electron chi connectivity index (χ4n) is 1.88. The molecule has 1 aromatic carbocycles. The lowest BCUT2D eigenvalue weighted by atomic mass is 10.2. The van der Waals surface area contributed by atoms with E-state index in [0.29, 0.717) is 6.04 Å². The zero-order valence-electron chi connectivity index (χ0n) is 7.59. The van der Waals surface area contributed by atoms with Crippen LogP contribution in [0, 0.1) is 0 Å². The van der Waals surface area contributed by atoms with Crippen LogP contribution in [0.3, 0.4) is 0 Å². The fourth-order valence-corrected chi connectivity index (χ4v) is 2.07. The lowest BCUT2D eigenvalue weighted by Crippen LogP contribution is -2.14. The molecule has 1 aliphatic rings. The first kappa shape index (κ1) is 8.89. The van der Waals surface area contributed by atoms with Crippen LogP contribution < -0.4 is 5.32 Å². The Hall–Kier alpha value is -0.690. The van der Waals surface area contributed by atoms with E-state index in [-0.39, 0.29) is 0 Å². The Morgan fingerprint density at radius 1 is 1.23 bits per heavy atom. The van der Waals surface area contributed by atoms with Crippen LogP contribution in [0.1, 0.15) is 25.7 Å². The molecule has 0 aliphatic heterocycles. The van der Waals surface area contributed by atoms with Crippen molar-refractivity contribution in [2.45, 2.75) is 31.7 Å². The van der Waals surface area contributed by atoms with Crippen molar-refractivity contribution < 1.29 is 0 Å². The summed E-state index contributed by atoms with van der Waals surface area (Å²) >= 11 is 5.89. The van der Waals surface area contributed by atoms with E-state index in [1.165, 1.54) is 25.7 Å². The van der Waals surface area contributed by atoms with Crippen molar-refractivity contribution >= 4 is 17.3 Å². The van der Waals surface area contributed by atoms with Crippen molar-refractivity contribution in [3.63, 3.8) is 0 Å². The number of benzene rings is 1. The molecule has 0 saturated heterocycles. The molecule has 0 spiro atoms. The summed E-state index contributed by atoms with van der Waals surface area (Å²) in [5, 5.41) is 4.31. The summed E-state index contributed by atoms with van der Waals surface area (Å²) in [6, 6.07) is 8.61.